The second-order valence-corrected chi connectivity index (χ2v) is 4.57. The highest BCUT2D eigenvalue weighted by Crippen LogP contribution is 2.23. The van der Waals surface area contributed by atoms with Gasteiger partial charge in [-0.15, -0.1) is 0 Å². The summed E-state index contributed by atoms with van der Waals surface area (Å²) in [7, 11) is 1.69. The van der Waals surface area contributed by atoms with Crippen molar-refractivity contribution in [3.05, 3.63) is 36.8 Å². The highest BCUT2D eigenvalue weighted by molar-refractivity contribution is 5.75. The van der Waals surface area contributed by atoms with Gasteiger partial charge in [0.05, 0.1) is 12.8 Å². The first-order valence-corrected chi connectivity index (χ1v) is 6.75. The molecule has 0 aliphatic heterocycles. The molecule has 1 aromatic carbocycles. The van der Waals surface area contributed by atoms with Crippen molar-refractivity contribution in [3.8, 4) is 17.1 Å². The van der Waals surface area contributed by atoms with Crippen LogP contribution >= 0.6 is 0 Å². The van der Waals surface area contributed by atoms with Crippen molar-refractivity contribution >= 4 is 11.2 Å². The Kier molecular flexibility index (Phi) is 4.07. The van der Waals surface area contributed by atoms with Crippen molar-refractivity contribution in [2.75, 3.05) is 20.3 Å². The molecular weight excluding hydrogens is 268 g/mol. The molecule has 0 saturated heterocycles. The van der Waals surface area contributed by atoms with Gasteiger partial charge in [-0.3, -0.25) is 0 Å². The molecule has 6 heteroatoms. The molecule has 0 aliphatic carbocycles. The third-order valence-electron chi connectivity index (χ3n) is 3.03. The number of nitrogens with zero attached hydrogens (tertiary/aromatic N) is 3. The number of aromatic nitrogens is 4. The molecule has 0 radical (unpaired) electrons. The minimum Gasteiger partial charge on any atom is -0.493 e. The van der Waals surface area contributed by atoms with Gasteiger partial charge < -0.3 is 14.5 Å². The first-order valence-electron chi connectivity index (χ1n) is 6.75. The Morgan fingerprint density at radius 3 is 3.05 bits per heavy atom. The van der Waals surface area contributed by atoms with Crippen LogP contribution in [-0.4, -0.2) is 40.3 Å². The smallest absolute Gasteiger partial charge is 0.181 e. The first-order chi connectivity index (χ1) is 10.4. The van der Waals surface area contributed by atoms with Crippen LogP contribution in [0.4, 0.5) is 0 Å². The summed E-state index contributed by atoms with van der Waals surface area (Å²) in [5.41, 5.74) is 2.43. The molecule has 0 atom stereocenters. The number of methoxy groups -OCH3 is 1. The van der Waals surface area contributed by atoms with E-state index in [-0.39, 0.29) is 0 Å². The highest BCUT2D eigenvalue weighted by Gasteiger charge is 2.07. The number of H-pyrrole nitrogens is 1. The van der Waals surface area contributed by atoms with Gasteiger partial charge in [0, 0.05) is 25.7 Å². The number of rotatable bonds is 6. The summed E-state index contributed by atoms with van der Waals surface area (Å²) in [4.78, 5) is 15.8. The maximum atomic E-state index is 5.69. The Balaban J connectivity index is 1.78. The van der Waals surface area contributed by atoms with E-state index in [0.717, 1.165) is 29.1 Å². The molecule has 2 aromatic heterocycles. The van der Waals surface area contributed by atoms with Gasteiger partial charge >= 0.3 is 0 Å². The van der Waals surface area contributed by atoms with Gasteiger partial charge in [-0.05, 0) is 12.1 Å². The monoisotopic (exact) mass is 284 g/mol. The predicted molar refractivity (Wildman–Crippen MR) is 79.1 cm³/mol. The summed E-state index contributed by atoms with van der Waals surface area (Å²) in [5.74, 6) is 1.57. The Morgan fingerprint density at radius 2 is 2.19 bits per heavy atom. The van der Waals surface area contributed by atoms with Gasteiger partial charge in [0.15, 0.2) is 5.65 Å². The van der Waals surface area contributed by atoms with Crippen molar-refractivity contribution in [3.63, 3.8) is 0 Å². The maximum absolute atomic E-state index is 5.69. The SMILES string of the molecule is COCCCOc1cccc(-c2nc3ncncc3[nH]2)c1. The van der Waals surface area contributed by atoms with Crippen molar-refractivity contribution in [1.29, 1.82) is 0 Å². The van der Waals surface area contributed by atoms with Crippen LogP contribution in [0.15, 0.2) is 36.8 Å². The number of hydrogen-bond donors (Lipinski definition) is 1. The second-order valence-electron chi connectivity index (χ2n) is 4.57. The molecule has 0 bridgehead atoms. The fourth-order valence-corrected chi connectivity index (χ4v) is 2.03. The number of ether oxygens (including phenoxy) is 2. The van der Waals surface area contributed by atoms with Gasteiger partial charge in [-0.2, -0.15) is 0 Å². The molecule has 108 valence electrons. The van der Waals surface area contributed by atoms with E-state index < -0.39 is 0 Å². The van der Waals surface area contributed by atoms with Crippen LogP contribution in [0.25, 0.3) is 22.6 Å². The second kappa shape index (κ2) is 6.32. The lowest BCUT2D eigenvalue weighted by molar-refractivity contribution is 0.172. The maximum Gasteiger partial charge on any atom is 0.181 e. The van der Waals surface area contributed by atoms with E-state index >= 15 is 0 Å². The normalized spacial score (nSPS) is 10.9. The number of hydrogen-bond acceptors (Lipinski definition) is 5. The summed E-state index contributed by atoms with van der Waals surface area (Å²) in [6, 6.07) is 7.81. The van der Waals surface area contributed by atoms with Crippen LogP contribution in [0.2, 0.25) is 0 Å². The molecular formula is C15H16N4O2. The highest BCUT2D eigenvalue weighted by atomic mass is 16.5. The molecule has 3 aromatic rings. The summed E-state index contributed by atoms with van der Waals surface area (Å²) in [6.07, 6.45) is 4.06. The molecule has 0 saturated carbocycles. The average Bonchev–Trinajstić information content (AvgIpc) is 2.96. The third kappa shape index (κ3) is 3.17. The minimum absolute atomic E-state index is 0.628. The van der Waals surface area contributed by atoms with Crippen LogP contribution in [0.1, 0.15) is 6.42 Å². The lowest BCUT2D eigenvalue weighted by Crippen LogP contribution is -2.01. The molecule has 0 fully saturated rings. The Bertz CT molecular complexity index is 693. The van der Waals surface area contributed by atoms with Crippen molar-refractivity contribution in [2.24, 2.45) is 0 Å². The van der Waals surface area contributed by atoms with Crippen LogP contribution in [-0.2, 0) is 4.74 Å². The van der Waals surface area contributed by atoms with E-state index in [9.17, 15) is 0 Å². The zero-order chi connectivity index (χ0) is 14.5. The Morgan fingerprint density at radius 1 is 1.24 bits per heavy atom. The van der Waals surface area contributed by atoms with Gasteiger partial charge in [0.2, 0.25) is 0 Å². The summed E-state index contributed by atoms with van der Waals surface area (Å²) in [6.45, 7) is 1.32. The first kappa shape index (κ1) is 13.5. The zero-order valence-corrected chi connectivity index (χ0v) is 11.7. The van der Waals surface area contributed by atoms with E-state index in [4.69, 9.17) is 9.47 Å². The fourth-order valence-electron chi connectivity index (χ4n) is 2.03. The van der Waals surface area contributed by atoms with E-state index in [1.807, 2.05) is 24.3 Å². The number of aromatic amines is 1. The van der Waals surface area contributed by atoms with Gasteiger partial charge in [-0.1, -0.05) is 12.1 Å². The van der Waals surface area contributed by atoms with Gasteiger partial charge in [0.25, 0.3) is 0 Å². The number of imidazole rings is 1. The molecule has 0 unspecified atom stereocenters. The minimum atomic E-state index is 0.628. The molecule has 0 spiro atoms. The van der Waals surface area contributed by atoms with Crippen LogP contribution in [0.5, 0.6) is 5.75 Å². The standard InChI is InChI=1S/C15H16N4O2/c1-20-6-3-7-21-12-5-2-4-11(8-12)14-18-13-9-16-10-17-15(13)19-14/h2,4-5,8-10H,3,6-7H2,1H3,(H,16,17,18,19). The lowest BCUT2D eigenvalue weighted by atomic mass is 10.2. The van der Waals surface area contributed by atoms with Gasteiger partial charge in [-0.25, -0.2) is 15.0 Å². The van der Waals surface area contributed by atoms with Crippen molar-refractivity contribution < 1.29 is 9.47 Å². The molecule has 0 amide bonds. The zero-order valence-electron chi connectivity index (χ0n) is 11.7. The predicted octanol–water partition coefficient (Wildman–Crippen LogP) is 2.44. The van der Waals surface area contributed by atoms with E-state index in [1.165, 1.54) is 6.33 Å². The molecule has 3 rings (SSSR count). The summed E-state index contributed by atoms with van der Waals surface area (Å²) in [5, 5.41) is 0. The number of nitrogens with one attached hydrogen (secondary N) is 1. The summed E-state index contributed by atoms with van der Waals surface area (Å²) >= 11 is 0. The molecule has 2 heterocycles. The van der Waals surface area contributed by atoms with Crippen LogP contribution in [0.3, 0.4) is 0 Å². The topological polar surface area (TPSA) is 72.9 Å². The molecule has 6 nitrogen and oxygen atoms in total. The van der Waals surface area contributed by atoms with Crippen molar-refractivity contribution in [2.45, 2.75) is 6.42 Å². The average molecular weight is 284 g/mol. The molecule has 21 heavy (non-hydrogen) atoms. The summed E-state index contributed by atoms with van der Waals surface area (Å²) < 4.78 is 10.7. The van der Waals surface area contributed by atoms with Crippen LogP contribution < -0.4 is 4.74 Å². The van der Waals surface area contributed by atoms with Crippen molar-refractivity contribution in [1.82, 2.24) is 19.9 Å². The largest absolute Gasteiger partial charge is 0.493 e. The Hall–Kier alpha value is -2.47. The number of benzene rings is 1. The number of fused-ring (bicyclic) bond motifs is 1. The quantitative estimate of drug-likeness (QED) is 0.704. The van der Waals surface area contributed by atoms with E-state index in [1.54, 1.807) is 13.3 Å². The third-order valence-corrected chi connectivity index (χ3v) is 3.03. The fraction of sp³-hybridized carbons (Fsp3) is 0.267. The Labute approximate surface area is 122 Å². The van der Waals surface area contributed by atoms with Crippen LogP contribution in [0, 0.1) is 0 Å². The molecule has 1 N–H and O–H groups in total. The molecule has 0 aliphatic rings. The van der Waals surface area contributed by atoms with Gasteiger partial charge in [0.1, 0.15) is 23.4 Å². The lowest BCUT2D eigenvalue weighted by Gasteiger charge is -2.06. The van der Waals surface area contributed by atoms with E-state index in [0.29, 0.717) is 18.9 Å². The van der Waals surface area contributed by atoms with E-state index in [2.05, 4.69) is 19.9 Å².